The number of para-hydroxylation sites is 1. The molecular weight excluding hydrogens is 235 g/mol. The summed E-state index contributed by atoms with van der Waals surface area (Å²) < 4.78 is 13.4. The first-order valence-corrected chi connectivity index (χ1v) is 6.15. The minimum absolute atomic E-state index is 0.0699. The van der Waals surface area contributed by atoms with Crippen molar-refractivity contribution in [2.45, 2.75) is 39.7 Å². The molecule has 0 bridgehead atoms. The number of rotatable bonds is 6. The predicted octanol–water partition coefficient (Wildman–Crippen LogP) is 3.97. The van der Waals surface area contributed by atoms with Gasteiger partial charge in [0.15, 0.2) is 0 Å². The molecule has 0 fully saturated rings. The fourth-order valence-corrected chi connectivity index (χ4v) is 1.91. The molecule has 0 spiro atoms. The molecule has 0 saturated heterocycles. The zero-order valence-electron chi connectivity index (χ0n) is 10.9. The third-order valence-electron chi connectivity index (χ3n) is 3.02. The Morgan fingerprint density at radius 3 is 2.67 bits per heavy atom. The summed E-state index contributed by atoms with van der Waals surface area (Å²) in [6.45, 7) is 6.17. The molecule has 0 radical (unpaired) electrons. The number of nitrogens with one attached hydrogen (secondary N) is 1. The Morgan fingerprint density at radius 2 is 2.11 bits per heavy atom. The highest BCUT2D eigenvalue weighted by Gasteiger charge is 2.21. The number of anilines is 1. The highest BCUT2D eigenvalue weighted by molar-refractivity contribution is 5.62. The lowest BCUT2D eigenvalue weighted by Crippen LogP contribution is -2.19. The van der Waals surface area contributed by atoms with E-state index < -0.39 is 16.4 Å². The second-order valence-corrected chi connectivity index (χ2v) is 4.69. The summed E-state index contributed by atoms with van der Waals surface area (Å²) in [6.07, 6.45) is 1.95. The van der Waals surface area contributed by atoms with Crippen LogP contribution in [-0.2, 0) is 0 Å². The van der Waals surface area contributed by atoms with Crippen molar-refractivity contribution in [1.29, 1.82) is 0 Å². The fourth-order valence-electron chi connectivity index (χ4n) is 1.91. The summed E-state index contributed by atoms with van der Waals surface area (Å²) in [5, 5.41) is 13.8. The molecule has 1 N–H and O–H groups in total. The SMILES string of the molecule is CCC(C)CC(C)Nc1cccc(F)c1[N+](=O)[O-]. The van der Waals surface area contributed by atoms with Gasteiger partial charge in [0.2, 0.25) is 5.82 Å². The van der Waals surface area contributed by atoms with E-state index in [4.69, 9.17) is 0 Å². The molecule has 0 heterocycles. The lowest BCUT2D eigenvalue weighted by molar-refractivity contribution is -0.386. The largest absolute Gasteiger partial charge is 0.377 e. The Hall–Kier alpha value is -1.65. The molecular formula is C13H19FN2O2. The minimum atomic E-state index is -0.805. The van der Waals surface area contributed by atoms with Crippen molar-refractivity contribution in [2.24, 2.45) is 5.92 Å². The first kappa shape index (κ1) is 14.4. The van der Waals surface area contributed by atoms with Crippen LogP contribution < -0.4 is 5.32 Å². The monoisotopic (exact) mass is 254 g/mol. The topological polar surface area (TPSA) is 55.2 Å². The first-order chi connectivity index (χ1) is 8.45. The quantitative estimate of drug-likeness (QED) is 0.617. The summed E-state index contributed by atoms with van der Waals surface area (Å²) in [6, 6.07) is 4.18. The Balaban J connectivity index is 2.84. The van der Waals surface area contributed by atoms with Crippen molar-refractivity contribution in [3.63, 3.8) is 0 Å². The number of nitrogens with zero attached hydrogens (tertiary/aromatic N) is 1. The number of hydrogen-bond acceptors (Lipinski definition) is 3. The van der Waals surface area contributed by atoms with Crippen LogP contribution in [0.5, 0.6) is 0 Å². The van der Waals surface area contributed by atoms with Crippen LogP contribution in [0.15, 0.2) is 18.2 Å². The molecule has 0 saturated carbocycles. The number of halogens is 1. The van der Waals surface area contributed by atoms with Gasteiger partial charge in [-0.1, -0.05) is 26.3 Å². The molecule has 1 rings (SSSR count). The third-order valence-corrected chi connectivity index (χ3v) is 3.02. The summed E-state index contributed by atoms with van der Waals surface area (Å²) >= 11 is 0. The molecule has 0 aliphatic carbocycles. The molecule has 1 aromatic rings. The first-order valence-electron chi connectivity index (χ1n) is 6.15. The van der Waals surface area contributed by atoms with Gasteiger partial charge in [-0.05, 0) is 31.4 Å². The van der Waals surface area contributed by atoms with Crippen LogP contribution in [0.2, 0.25) is 0 Å². The Bertz CT molecular complexity index is 423. The molecule has 0 amide bonds. The van der Waals surface area contributed by atoms with E-state index in [9.17, 15) is 14.5 Å². The van der Waals surface area contributed by atoms with Crippen molar-refractivity contribution in [3.8, 4) is 0 Å². The van der Waals surface area contributed by atoms with Crippen LogP contribution in [0.1, 0.15) is 33.6 Å². The van der Waals surface area contributed by atoms with Gasteiger partial charge >= 0.3 is 5.69 Å². The van der Waals surface area contributed by atoms with Crippen LogP contribution in [0.3, 0.4) is 0 Å². The Labute approximate surface area is 106 Å². The average molecular weight is 254 g/mol. The molecule has 0 aliphatic heterocycles. The van der Waals surface area contributed by atoms with Crippen molar-refractivity contribution in [3.05, 3.63) is 34.1 Å². The lowest BCUT2D eigenvalue weighted by Gasteiger charge is -2.18. The number of hydrogen-bond donors (Lipinski definition) is 1. The molecule has 2 atom stereocenters. The van der Waals surface area contributed by atoms with E-state index in [0.29, 0.717) is 5.92 Å². The lowest BCUT2D eigenvalue weighted by atomic mass is 10.00. The van der Waals surface area contributed by atoms with Crippen molar-refractivity contribution >= 4 is 11.4 Å². The van der Waals surface area contributed by atoms with Gasteiger partial charge < -0.3 is 5.32 Å². The smallest absolute Gasteiger partial charge is 0.327 e. The summed E-state index contributed by atoms with van der Waals surface area (Å²) in [4.78, 5) is 10.1. The average Bonchev–Trinajstić information content (AvgIpc) is 2.28. The maximum absolute atomic E-state index is 13.4. The minimum Gasteiger partial charge on any atom is -0.377 e. The summed E-state index contributed by atoms with van der Waals surface area (Å²) in [7, 11) is 0. The molecule has 0 aromatic heterocycles. The highest BCUT2D eigenvalue weighted by Crippen LogP contribution is 2.28. The second-order valence-electron chi connectivity index (χ2n) is 4.69. The second kappa shape index (κ2) is 6.33. The van der Waals surface area contributed by atoms with Gasteiger partial charge in [0, 0.05) is 6.04 Å². The molecule has 4 nitrogen and oxygen atoms in total. The Morgan fingerprint density at radius 1 is 1.44 bits per heavy atom. The van der Waals surface area contributed by atoms with Gasteiger partial charge in [-0.15, -0.1) is 0 Å². The molecule has 1 aromatic carbocycles. The van der Waals surface area contributed by atoms with Gasteiger partial charge in [-0.25, -0.2) is 0 Å². The molecule has 5 heteroatoms. The van der Waals surface area contributed by atoms with Crippen LogP contribution >= 0.6 is 0 Å². The third kappa shape index (κ3) is 3.68. The van der Waals surface area contributed by atoms with Gasteiger partial charge in [0.25, 0.3) is 0 Å². The molecule has 0 aliphatic rings. The maximum atomic E-state index is 13.4. The van der Waals surface area contributed by atoms with Crippen LogP contribution in [0.25, 0.3) is 0 Å². The van der Waals surface area contributed by atoms with Gasteiger partial charge in [0.05, 0.1) is 4.92 Å². The standard InChI is InChI=1S/C13H19FN2O2/c1-4-9(2)8-10(3)15-12-7-5-6-11(14)13(12)16(17)18/h5-7,9-10,15H,4,8H2,1-3H3. The van der Waals surface area contributed by atoms with Crippen LogP contribution in [0.4, 0.5) is 15.8 Å². The van der Waals surface area contributed by atoms with E-state index in [1.54, 1.807) is 0 Å². The van der Waals surface area contributed by atoms with Gasteiger partial charge in [-0.3, -0.25) is 10.1 Å². The highest BCUT2D eigenvalue weighted by atomic mass is 19.1. The molecule has 2 unspecified atom stereocenters. The van der Waals surface area contributed by atoms with E-state index in [2.05, 4.69) is 19.2 Å². The van der Waals surface area contributed by atoms with Crippen molar-refractivity contribution in [2.75, 3.05) is 5.32 Å². The number of nitro groups is 1. The zero-order chi connectivity index (χ0) is 13.7. The van der Waals surface area contributed by atoms with E-state index in [0.717, 1.165) is 18.9 Å². The fraction of sp³-hybridized carbons (Fsp3) is 0.538. The predicted molar refractivity (Wildman–Crippen MR) is 70.2 cm³/mol. The number of benzene rings is 1. The molecule has 18 heavy (non-hydrogen) atoms. The van der Waals surface area contributed by atoms with Gasteiger partial charge in [-0.2, -0.15) is 4.39 Å². The maximum Gasteiger partial charge on any atom is 0.327 e. The van der Waals surface area contributed by atoms with E-state index in [1.165, 1.54) is 12.1 Å². The van der Waals surface area contributed by atoms with Crippen molar-refractivity contribution in [1.82, 2.24) is 0 Å². The van der Waals surface area contributed by atoms with Gasteiger partial charge in [0.1, 0.15) is 5.69 Å². The van der Waals surface area contributed by atoms with E-state index in [1.807, 2.05) is 6.92 Å². The molecule has 100 valence electrons. The van der Waals surface area contributed by atoms with Crippen LogP contribution in [-0.4, -0.2) is 11.0 Å². The van der Waals surface area contributed by atoms with E-state index in [-0.39, 0.29) is 11.7 Å². The summed E-state index contributed by atoms with van der Waals surface area (Å²) in [5.41, 5.74) is -0.232. The number of nitro benzene ring substituents is 1. The Kier molecular flexibility index (Phi) is 5.07. The van der Waals surface area contributed by atoms with Crippen LogP contribution in [0, 0.1) is 21.8 Å². The zero-order valence-corrected chi connectivity index (χ0v) is 10.9. The van der Waals surface area contributed by atoms with E-state index >= 15 is 0 Å². The normalized spacial score (nSPS) is 14.0. The van der Waals surface area contributed by atoms with Crippen molar-refractivity contribution < 1.29 is 9.31 Å². The summed E-state index contributed by atoms with van der Waals surface area (Å²) in [5.74, 6) is -0.277.